The third-order valence-electron chi connectivity index (χ3n) is 3.95. The van der Waals surface area contributed by atoms with Crippen molar-refractivity contribution in [1.29, 1.82) is 0 Å². The number of hydrogen-bond acceptors (Lipinski definition) is 5. The number of ether oxygens (including phenoxy) is 2. The second-order valence-corrected chi connectivity index (χ2v) is 6.82. The van der Waals surface area contributed by atoms with E-state index in [1.807, 2.05) is 48.5 Å². The predicted molar refractivity (Wildman–Crippen MR) is 97.3 cm³/mol. The number of aromatic nitrogens is 1. The van der Waals surface area contributed by atoms with Gasteiger partial charge in [-0.1, -0.05) is 48.2 Å². The molecule has 6 heteroatoms. The van der Waals surface area contributed by atoms with Crippen LogP contribution >= 0.6 is 11.8 Å². The number of amides is 1. The zero-order chi connectivity index (χ0) is 17.3. The van der Waals surface area contributed by atoms with E-state index in [1.54, 1.807) is 6.20 Å². The van der Waals surface area contributed by atoms with Crippen molar-refractivity contribution in [2.24, 2.45) is 0 Å². The largest absolute Gasteiger partial charge is 0.379 e. The Morgan fingerprint density at radius 1 is 1.24 bits per heavy atom. The molecule has 0 aliphatic carbocycles. The summed E-state index contributed by atoms with van der Waals surface area (Å²) in [5.74, 6) is 0.343. The molecule has 1 N–H and O–H groups in total. The molecule has 25 heavy (non-hydrogen) atoms. The van der Waals surface area contributed by atoms with Gasteiger partial charge >= 0.3 is 0 Å². The zero-order valence-corrected chi connectivity index (χ0v) is 14.8. The summed E-state index contributed by atoms with van der Waals surface area (Å²) in [6.07, 6.45) is 2.36. The highest BCUT2D eigenvalue weighted by Gasteiger charge is 2.28. The molecule has 2 atom stereocenters. The minimum atomic E-state index is -0.127. The van der Waals surface area contributed by atoms with Gasteiger partial charge in [0.15, 0.2) is 0 Å². The molecular weight excluding hydrogens is 336 g/mol. The Labute approximate surface area is 152 Å². The molecule has 1 aromatic heterocycles. The van der Waals surface area contributed by atoms with Crippen molar-refractivity contribution in [1.82, 2.24) is 10.3 Å². The van der Waals surface area contributed by atoms with Crippen LogP contribution in [0, 0.1) is 0 Å². The summed E-state index contributed by atoms with van der Waals surface area (Å²) < 4.78 is 11.5. The van der Waals surface area contributed by atoms with Crippen LogP contribution in [0.1, 0.15) is 12.0 Å². The summed E-state index contributed by atoms with van der Waals surface area (Å²) in [5, 5.41) is 3.93. The number of benzene rings is 1. The summed E-state index contributed by atoms with van der Waals surface area (Å²) in [6, 6.07) is 15.7. The van der Waals surface area contributed by atoms with Gasteiger partial charge in [-0.25, -0.2) is 4.98 Å². The number of carbonyl (C=O) groups is 1. The topological polar surface area (TPSA) is 60.5 Å². The number of hydrogen-bond donors (Lipinski definition) is 1. The minimum absolute atomic E-state index is 0.00383. The van der Waals surface area contributed by atoms with E-state index in [0.717, 1.165) is 17.0 Å². The number of carbonyl (C=O) groups excluding carboxylic acids is 1. The SMILES string of the molecule is O=C(CSc1ccccn1)N[C@@H]1CCOC[C@H]1OCc1ccccc1. The average molecular weight is 358 g/mol. The fourth-order valence-corrected chi connectivity index (χ4v) is 3.31. The van der Waals surface area contributed by atoms with Gasteiger partial charge in [-0.2, -0.15) is 0 Å². The molecule has 132 valence electrons. The Balaban J connectivity index is 1.47. The van der Waals surface area contributed by atoms with Crippen molar-refractivity contribution in [3.8, 4) is 0 Å². The molecule has 5 nitrogen and oxygen atoms in total. The quantitative estimate of drug-likeness (QED) is 0.771. The highest BCUT2D eigenvalue weighted by molar-refractivity contribution is 7.99. The van der Waals surface area contributed by atoms with Gasteiger partial charge in [-0.3, -0.25) is 4.79 Å². The van der Waals surface area contributed by atoms with E-state index in [0.29, 0.717) is 25.6 Å². The smallest absolute Gasteiger partial charge is 0.230 e. The van der Waals surface area contributed by atoms with Gasteiger partial charge in [0, 0.05) is 12.8 Å². The second-order valence-electron chi connectivity index (χ2n) is 5.83. The van der Waals surface area contributed by atoms with E-state index in [2.05, 4.69) is 10.3 Å². The van der Waals surface area contributed by atoms with Gasteiger partial charge < -0.3 is 14.8 Å². The van der Waals surface area contributed by atoms with Crippen LogP contribution in [0.15, 0.2) is 59.8 Å². The summed E-state index contributed by atoms with van der Waals surface area (Å²) in [6.45, 7) is 1.67. The van der Waals surface area contributed by atoms with Crippen LogP contribution in [-0.4, -0.2) is 42.0 Å². The Hall–Kier alpha value is -1.89. The van der Waals surface area contributed by atoms with Crippen molar-refractivity contribution in [3.05, 3.63) is 60.3 Å². The lowest BCUT2D eigenvalue weighted by atomic mass is 10.1. The Morgan fingerprint density at radius 2 is 2.08 bits per heavy atom. The lowest BCUT2D eigenvalue weighted by Crippen LogP contribution is -2.50. The van der Waals surface area contributed by atoms with Crippen molar-refractivity contribution in [2.75, 3.05) is 19.0 Å². The van der Waals surface area contributed by atoms with Gasteiger partial charge in [0.2, 0.25) is 5.91 Å². The third-order valence-corrected chi connectivity index (χ3v) is 4.89. The van der Waals surface area contributed by atoms with Crippen LogP contribution in [0.25, 0.3) is 0 Å². The standard InChI is InChI=1S/C19H22N2O3S/c22-18(14-25-19-8-4-5-10-20-19)21-16-9-11-23-13-17(16)24-12-15-6-2-1-3-7-15/h1-8,10,16-17H,9,11-14H2,(H,21,22)/t16-,17-/m1/s1. The van der Waals surface area contributed by atoms with E-state index < -0.39 is 0 Å². The second kappa shape index (κ2) is 9.56. The monoisotopic (exact) mass is 358 g/mol. The number of thioether (sulfide) groups is 1. The Morgan fingerprint density at radius 3 is 2.88 bits per heavy atom. The molecule has 2 aromatic rings. The van der Waals surface area contributed by atoms with Gasteiger partial charge in [-0.05, 0) is 24.1 Å². The molecule has 2 heterocycles. The Bertz CT molecular complexity index is 654. The maximum Gasteiger partial charge on any atom is 0.230 e. The van der Waals surface area contributed by atoms with Gasteiger partial charge in [0.25, 0.3) is 0 Å². The molecule has 0 unspecified atom stereocenters. The highest BCUT2D eigenvalue weighted by Crippen LogP contribution is 2.16. The number of rotatable bonds is 7. The van der Waals surface area contributed by atoms with Crippen LogP contribution in [0.4, 0.5) is 0 Å². The van der Waals surface area contributed by atoms with E-state index >= 15 is 0 Å². The molecular formula is C19H22N2O3S. The summed E-state index contributed by atoms with van der Waals surface area (Å²) in [7, 11) is 0. The van der Waals surface area contributed by atoms with Gasteiger partial charge in [0.1, 0.15) is 6.10 Å². The van der Waals surface area contributed by atoms with Crippen LogP contribution in [0.2, 0.25) is 0 Å². The van der Waals surface area contributed by atoms with Gasteiger partial charge in [-0.15, -0.1) is 0 Å². The van der Waals surface area contributed by atoms with Crippen molar-refractivity contribution in [3.63, 3.8) is 0 Å². The molecule has 0 spiro atoms. The summed E-state index contributed by atoms with van der Waals surface area (Å²) in [5.41, 5.74) is 1.11. The normalized spacial score (nSPS) is 20.2. The predicted octanol–water partition coefficient (Wildman–Crippen LogP) is 2.66. The van der Waals surface area contributed by atoms with Gasteiger partial charge in [0.05, 0.1) is 30.0 Å². The fourth-order valence-electron chi connectivity index (χ4n) is 2.64. The number of pyridine rings is 1. The first-order valence-corrected chi connectivity index (χ1v) is 9.36. The summed E-state index contributed by atoms with van der Waals surface area (Å²) in [4.78, 5) is 16.5. The minimum Gasteiger partial charge on any atom is -0.379 e. The molecule has 3 rings (SSSR count). The first-order chi connectivity index (χ1) is 12.3. The molecule has 0 bridgehead atoms. The number of nitrogens with zero attached hydrogens (tertiary/aromatic N) is 1. The first kappa shape index (κ1) is 17.9. The lowest BCUT2D eigenvalue weighted by Gasteiger charge is -2.32. The van der Waals surface area contributed by atoms with Crippen molar-refractivity contribution >= 4 is 17.7 Å². The lowest BCUT2D eigenvalue weighted by molar-refractivity contribution is -0.124. The number of nitrogens with one attached hydrogen (secondary N) is 1. The van der Waals surface area contributed by atoms with Crippen LogP contribution < -0.4 is 5.32 Å². The Kier molecular flexibility index (Phi) is 6.85. The average Bonchev–Trinajstić information content (AvgIpc) is 2.67. The van der Waals surface area contributed by atoms with E-state index in [1.165, 1.54) is 11.8 Å². The van der Waals surface area contributed by atoms with Crippen LogP contribution in [-0.2, 0) is 20.9 Å². The van der Waals surface area contributed by atoms with E-state index in [-0.39, 0.29) is 18.1 Å². The maximum absolute atomic E-state index is 12.2. The zero-order valence-electron chi connectivity index (χ0n) is 14.0. The molecule has 1 aliphatic heterocycles. The van der Waals surface area contributed by atoms with Crippen molar-refractivity contribution < 1.29 is 14.3 Å². The molecule has 1 saturated heterocycles. The first-order valence-electron chi connectivity index (χ1n) is 8.38. The highest BCUT2D eigenvalue weighted by atomic mass is 32.2. The third kappa shape index (κ3) is 5.85. The molecule has 1 aromatic carbocycles. The molecule has 1 amide bonds. The molecule has 1 aliphatic rings. The van der Waals surface area contributed by atoms with Crippen molar-refractivity contribution in [2.45, 2.75) is 30.2 Å². The maximum atomic E-state index is 12.2. The summed E-state index contributed by atoms with van der Waals surface area (Å²) >= 11 is 1.43. The molecule has 1 fully saturated rings. The molecule has 0 saturated carbocycles. The fraction of sp³-hybridized carbons (Fsp3) is 0.368. The van der Waals surface area contributed by atoms with Crippen LogP contribution in [0.5, 0.6) is 0 Å². The van der Waals surface area contributed by atoms with Crippen LogP contribution in [0.3, 0.4) is 0 Å². The molecule has 0 radical (unpaired) electrons. The van der Waals surface area contributed by atoms with E-state index in [4.69, 9.17) is 9.47 Å². The van der Waals surface area contributed by atoms with E-state index in [9.17, 15) is 4.79 Å².